The van der Waals surface area contributed by atoms with E-state index in [-0.39, 0.29) is 5.97 Å². The van der Waals surface area contributed by atoms with E-state index in [0.29, 0.717) is 23.8 Å². The van der Waals surface area contributed by atoms with Gasteiger partial charge in [0.1, 0.15) is 12.4 Å². The Morgan fingerprint density at radius 1 is 1.19 bits per heavy atom. The molecule has 0 saturated carbocycles. The number of hydrogen-bond acceptors (Lipinski definition) is 5. The van der Waals surface area contributed by atoms with Crippen LogP contribution in [0.3, 0.4) is 0 Å². The predicted octanol–water partition coefficient (Wildman–Crippen LogP) is 3.58. The molecule has 0 spiro atoms. The third kappa shape index (κ3) is 3.10. The van der Waals surface area contributed by atoms with Crippen molar-refractivity contribution >= 4 is 17.6 Å². The van der Waals surface area contributed by atoms with Gasteiger partial charge in [-0.05, 0) is 25.0 Å². The van der Waals surface area contributed by atoms with Gasteiger partial charge in [0.25, 0.3) is 0 Å². The SMILES string of the molecule is CCOC(=O)C1=C(c2ccccc2)Nc2ncnn2[C@H]1c1cccc(C)c1. The summed E-state index contributed by atoms with van der Waals surface area (Å²) >= 11 is 0. The molecule has 27 heavy (non-hydrogen) atoms. The predicted molar refractivity (Wildman–Crippen MR) is 103 cm³/mol. The third-order valence-corrected chi connectivity index (χ3v) is 4.51. The largest absolute Gasteiger partial charge is 0.463 e. The molecule has 2 aromatic carbocycles. The minimum Gasteiger partial charge on any atom is -0.463 e. The summed E-state index contributed by atoms with van der Waals surface area (Å²) in [6.07, 6.45) is 1.49. The summed E-state index contributed by atoms with van der Waals surface area (Å²) in [6.45, 7) is 4.13. The number of nitrogens with zero attached hydrogens (tertiary/aromatic N) is 3. The molecule has 0 saturated heterocycles. The normalized spacial score (nSPS) is 15.9. The van der Waals surface area contributed by atoms with E-state index in [4.69, 9.17) is 4.74 Å². The van der Waals surface area contributed by atoms with E-state index in [0.717, 1.165) is 16.7 Å². The number of hydrogen-bond donors (Lipinski definition) is 1. The molecule has 0 bridgehead atoms. The lowest BCUT2D eigenvalue weighted by atomic mass is 9.92. The zero-order valence-electron chi connectivity index (χ0n) is 15.2. The molecule has 4 rings (SSSR count). The molecule has 0 aliphatic carbocycles. The van der Waals surface area contributed by atoms with Crippen LogP contribution < -0.4 is 5.32 Å². The summed E-state index contributed by atoms with van der Waals surface area (Å²) in [5, 5.41) is 7.63. The lowest BCUT2D eigenvalue weighted by Gasteiger charge is -2.29. The zero-order chi connectivity index (χ0) is 18.8. The molecule has 3 aromatic rings. The summed E-state index contributed by atoms with van der Waals surface area (Å²) < 4.78 is 7.14. The molecule has 1 aliphatic rings. The van der Waals surface area contributed by atoms with E-state index in [1.165, 1.54) is 6.33 Å². The average Bonchev–Trinajstić information content (AvgIpc) is 3.15. The fraction of sp³-hybridized carbons (Fsp3) is 0.190. The van der Waals surface area contributed by atoms with Crippen molar-refractivity contribution in [1.29, 1.82) is 0 Å². The maximum Gasteiger partial charge on any atom is 0.338 e. The number of carbonyl (C=O) groups excluding carboxylic acids is 1. The second-order valence-corrected chi connectivity index (χ2v) is 6.35. The van der Waals surface area contributed by atoms with Crippen LogP contribution in [0.25, 0.3) is 5.70 Å². The van der Waals surface area contributed by atoms with Gasteiger partial charge in [0.05, 0.1) is 17.9 Å². The number of nitrogens with one attached hydrogen (secondary N) is 1. The van der Waals surface area contributed by atoms with Crippen LogP contribution >= 0.6 is 0 Å². The van der Waals surface area contributed by atoms with Crippen molar-refractivity contribution in [3.05, 3.63) is 83.2 Å². The van der Waals surface area contributed by atoms with Crippen LogP contribution in [0.2, 0.25) is 0 Å². The van der Waals surface area contributed by atoms with Crippen molar-refractivity contribution in [2.24, 2.45) is 0 Å². The van der Waals surface area contributed by atoms with E-state index in [2.05, 4.69) is 21.5 Å². The first-order chi connectivity index (χ1) is 13.2. The highest BCUT2D eigenvalue weighted by atomic mass is 16.5. The Labute approximate surface area is 157 Å². The summed E-state index contributed by atoms with van der Waals surface area (Å²) in [5.41, 5.74) is 4.18. The standard InChI is InChI=1S/C21H20N4O2/c1-3-27-20(26)17-18(15-9-5-4-6-10-15)24-21-22-13-23-25(21)19(17)16-11-7-8-14(2)12-16/h4-13,19H,3H2,1-2H3,(H,22,23,24)/t19-/m0/s1. The van der Waals surface area contributed by atoms with Gasteiger partial charge < -0.3 is 10.1 Å². The molecule has 0 radical (unpaired) electrons. The van der Waals surface area contributed by atoms with Crippen LogP contribution in [0.5, 0.6) is 0 Å². The Morgan fingerprint density at radius 2 is 2.00 bits per heavy atom. The molecule has 136 valence electrons. The van der Waals surface area contributed by atoms with Gasteiger partial charge in [-0.3, -0.25) is 0 Å². The zero-order valence-corrected chi connectivity index (χ0v) is 15.2. The highest BCUT2D eigenvalue weighted by Gasteiger charge is 2.36. The number of carbonyl (C=O) groups is 1. The third-order valence-electron chi connectivity index (χ3n) is 4.51. The summed E-state index contributed by atoms with van der Waals surface area (Å²) in [6, 6.07) is 17.4. The highest BCUT2D eigenvalue weighted by Crippen LogP contribution is 2.38. The first-order valence-corrected chi connectivity index (χ1v) is 8.89. The lowest BCUT2D eigenvalue weighted by Crippen LogP contribution is -2.30. The quantitative estimate of drug-likeness (QED) is 0.720. The van der Waals surface area contributed by atoms with Gasteiger partial charge in [-0.15, -0.1) is 0 Å². The van der Waals surface area contributed by atoms with Crippen LogP contribution in [-0.4, -0.2) is 27.3 Å². The van der Waals surface area contributed by atoms with Crippen molar-refractivity contribution in [3.8, 4) is 0 Å². The molecule has 0 unspecified atom stereocenters. The molecule has 2 heterocycles. The molecule has 6 nitrogen and oxygen atoms in total. The highest BCUT2D eigenvalue weighted by molar-refractivity contribution is 6.02. The minimum atomic E-state index is -0.419. The maximum atomic E-state index is 13.0. The smallest absolute Gasteiger partial charge is 0.338 e. The second-order valence-electron chi connectivity index (χ2n) is 6.35. The monoisotopic (exact) mass is 360 g/mol. The van der Waals surface area contributed by atoms with Crippen LogP contribution in [0.4, 0.5) is 5.95 Å². The lowest BCUT2D eigenvalue weighted by molar-refractivity contribution is -0.138. The number of rotatable bonds is 4. The van der Waals surface area contributed by atoms with Gasteiger partial charge in [0, 0.05) is 0 Å². The van der Waals surface area contributed by atoms with Gasteiger partial charge in [-0.1, -0.05) is 60.2 Å². The van der Waals surface area contributed by atoms with Crippen molar-refractivity contribution in [2.75, 3.05) is 11.9 Å². The number of esters is 1. The summed E-state index contributed by atoms with van der Waals surface area (Å²) in [7, 11) is 0. The molecule has 1 N–H and O–H groups in total. The number of aryl methyl sites for hydroxylation is 1. The van der Waals surface area contributed by atoms with Gasteiger partial charge >= 0.3 is 5.97 Å². The second kappa shape index (κ2) is 7.07. The molecular formula is C21H20N4O2. The average molecular weight is 360 g/mol. The van der Waals surface area contributed by atoms with Crippen molar-refractivity contribution < 1.29 is 9.53 Å². The molecule has 1 aromatic heterocycles. The molecular weight excluding hydrogens is 340 g/mol. The fourth-order valence-corrected chi connectivity index (χ4v) is 3.37. The Hall–Kier alpha value is -3.41. The topological polar surface area (TPSA) is 69.0 Å². The Morgan fingerprint density at radius 3 is 2.74 bits per heavy atom. The van der Waals surface area contributed by atoms with Crippen LogP contribution in [0.15, 0.2) is 66.5 Å². The van der Waals surface area contributed by atoms with Gasteiger partial charge in [0.15, 0.2) is 0 Å². The summed E-state index contributed by atoms with van der Waals surface area (Å²) in [4.78, 5) is 17.3. The van der Waals surface area contributed by atoms with Gasteiger partial charge in [-0.25, -0.2) is 9.48 Å². The Balaban J connectivity index is 1.97. The maximum absolute atomic E-state index is 13.0. The van der Waals surface area contributed by atoms with Gasteiger partial charge in [-0.2, -0.15) is 10.1 Å². The Kier molecular flexibility index (Phi) is 4.46. The molecule has 0 amide bonds. The van der Waals surface area contributed by atoms with Crippen molar-refractivity contribution in [2.45, 2.75) is 19.9 Å². The first-order valence-electron chi connectivity index (χ1n) is 8.89. The number of ether oxygens (including phenoxy) is 1. The summed E-state index contributed by atoms with van der Waals surface area (Å²) in [5.74, 6) is 0.227. The molecule has 1 aliphatic heterocycles. The van der Waals surface area contributed by atoms with E-state index in [1.807, 2.05) is 55.5 Å². The molecule has 1 atom stereocenters. The van der Waals surface area contributed by atoms with E-state index >= 15 is 0 Å². The van der Waals surface area contributed by atoms with Crippen molar-refractivity contribution in [1.82, 2.24) is 14.8 Å². The van der Waals surface area contributed by atoms with E-state index in [1.54, 1.807) is 11.6 Å². The number of fused-ring (bicyclic) bond motifs is 1. The molecule has 6 heteroatoms. The first kappa shape index (κ1) is 17.0. The number of anilines is 1. The molecule has 0 fully saturated rings. The Bertz CT molecular complexity index is 1010. The van der Waals surface area contributed by atoms with Crippen LogP contribution in [-0.2, 0) is 9.53 Å². The fourth-order valence-electron chi connectivity index (χ4n) is 3.37. The van der Waals surface area contributed by atoms with E-state index in [9.17, 15) is 4.79 Å². The minimum absolute atomic E-state index is 0.301. The van der Waals surface area contributed by atoms with E-state index < -0.39 is 6.04 Å². The van der Waals surface area contributed by atoms with Crippen LogP contribution in [0.1, 0.15) is 29.7 Å². The van der Waals surface area contributed by atoms with Crippen molar-refractivity contribution in [3.63, 3.8) is 0 Å². The van der Waals surface area contributed by atoms with Crippen LogP contribution in [0, 0.1) is 6.92 Å². The van der Waals surface area contributed by atoms with Gasteiger partial charge in [0.2, 0.25) is 5.95 Å². The number of aromatic nitrogens is 3. The number of benzene rings is 2.